The number of esters is 1. The van der Waals surface area contributed by atoms with Crippen molar-refractivity contribution in [2.45, 2.75) is 26.1 Å². The maximum atomic E-state index is 11.3. The molecule has 5 heteroatoms. The lowest BCUT2D eigenvalue weighted by Crippen LogP contribution is -2.15. The number of hydrogen-bond donors (Lipinski definition) is 1. The van der Waals surface area contributed by atoms with Gasteiger partial charge in [-0.15, -0.1) is 0 Å². The van der Waals surface area contributed by atoms with Crippen LogP contribution in [-0.2, 0) is 14.3 Å². The zero-order valence-corrected chi connectivity index (χ0v) is 11.3. The number of aromatic hydroxyl groups is 1. The van der Waals surface area contributed by atoms with Gasteiger partial charge in [-0.3, -0.25) is 4.79 Å². The third kappa shape index (κ3) is 3.17. The summed E-state index contributed by atoms with van der Waals surface area (Å²) in [5.74, 6) is 0.143. The Balaban J connectivity index is 1.90. The molecule has 0 radical (unpaired) electrons. The van der Waals surface area contributed by atoms with Crippen LogP contribution in [0.15, 0.2) is 18.2 Å². The predicted octanol–water partition coefficient (Wildman–Crippen LogP) is 2.04. The maximum absolute atomic E-state index is 11.3. The predicted molar refractivity (Wildman–Crippen MR) is 68.1 cm³/mol. The highest BCUT2D eigenvalue weighted by Gasteiger charge is 2.41. The van der Waals surface area contributed by atoms with Gasteiger partial charge < -0.3 is 19.3 Å². The number of rotatable bonds is 5. The van der Waals surface area contributed by atoms with Gasteiger partial charge in [0.1, 0.15) is 18.8 Å². The fourth-order valence-corrected chi connectivity index (χ4v) is 1.76. The van der Waals surface area contributed by atoms with Gasteiger partial charge in [0.25, 0.3) is 0 Å². The summed E-state index contributed by atoms with van der Waals surface area (Å²) >= 11 is 0. The monoisotopic (exact) mass is 266 g/mol. The van der Waals surface area contributed by atoms with Gasteiger partial charge in [0.2, 0.25) is 0 Å². The molecule has 19 heavy (non-hydrogen) atoms. The molecule has 1 aliphatic heterocycles. The third-order valence-electron chi connectivity index (χ3n) is 2.98. The summed E-state index contributed by atoms with van der Waals surface area (Å²) in [5.41, 5.74) is 0.903. The Morgan fingerprint density at radius 3 is 2.84 bits per heavy atom. The minimum absolute atomic E-state index is 0.0923. The smallest absolute Gasteiger partial charge is 0.308 e. The highest BCUT2D eigenvalue weighted by Crippen LogP contribution is 2.41. The minimum atomic E-state index is -0.225. The van der Waals surface area contributed by atoms with Gasteiger partial charge in [-0.25, -0.2) is 0 Å². The van der Waals surface area contributed by atoms with E-state index in [1.165, 1.54) is 7.11 Å². The van der Waals surface area contributed by atoms with E-state index in [9.17, 15) is 9.90 Å². The van der Waals surface area contributed by atoms with Gasteiger partial charge >= 0.3 is 5.97 Å². The highest BCUT2D eigenvalue weighted by molar-refractivity contribution is 5.71. The van der Waals surface area contributed by atoms with Crippen LogP contribution < -0.4 is 4.74 Å². The van der Waals surface area contributed by atoms with E-state index in [0.29, 0.717) is 5.75 Å². The summed E-state index contributed by atoms with van der Waals surface area (Å²) in [6.07, 6.45) is -0.216. The maximum Gasteiger partial charge on any atom is 0.308 e. The number of benzene rings is 1. The van der Waals surface area contributed by atoms with Crippen molar-refractivity contribution >= 4 is 5.97 Å². The Morgan fingerprint density at radius 2 is 2.21 bits per heavy atom. The quantitative estimate of drug-likeness (QED) is 0.652. The fraction of sp³-hybridized carbons (Fsp3) is 0.500. The molecule has 0 spiro atoms. The van der Waals surface area contributed by atoms with Gasteiger partial charge in [-0.1, -0.05) is 19.9 Å². The van der Waals surface area contributed by atoms with Crippen molar-refractivity contribution in [3.8, 4) is 11.5 Å². The molecule has 0 bridgehead atoms. The second-order valence-electron chi connectivity index (χ2n) is 4.81. The van der Waals surface area contributed by atoms with Crippen LogP contribution in [0.2, 0.25) is 0 Å². The summed E-state index contributed by atoms with van der Waals surface area (Å²) in [6, 6.07) is 5.06. The van der Waals surface area contributed by atoms with E-state index in [1.54, 1.807) is 32.0 Å². The second-order valence-corrected chi connectivity index (χ2v) is 4.81. The molecule has 1 aromatic rings. The summed E-state index contributed by atoms with van der Waals surface area (Å²) in [5, 5.41) is 9.51. The van der Waals surface area contributed by atoms with Crippen molar-refractivity contribution in [3.63, 3.8) is 0 Å². The molecule has 1 N–H and O–H groups in total. The number of ether oxygens (including phenoxy) is 3. The number of methoxy groups -OCH3 is 1. The van der Waals surface area contributed by atoms with Crippen LogP contribution in [0.4, 0.5) is 0 Å². The summed E-state index contributed by atoms with van der Waals surface area (Å²) < 4.78 is 15.6. The van der Waals surface area contributed by atoms with Crippen LogP contribution in [0.1, 0.15) is 25.5 Å². The Bertz CT molecular complexity index is 469. The molecule has 104 valence electrons. The van der Waals surface area contributed by atoms with Crippen LogP contribution in [0.25, 0.3) is 0 Å². The molecule has 5 nitrogen and oxygen atoms in total. The van der Waals surface area contributed by atoms with Crippen LogP contribution in [0, 0.1) is 5.92 Å². The topological polar surface area (TPSA) is 68.3 Å². The van der Waals surface area contributed by atoms with Crippen LogP contribution in [0.3, 0.4) is 0 Å². The first-order valence-electron chi connectivity index (χ1n) is 6.22. The van der Waals surface area contributed by atoms with E-state index >= 15 is 0 Å². The largest absolute Gasteiger partial charge is 0.504 e. The van der Waals surface area contributed by atoms with E-state index < -0.39 is 0 Å². The number of phenols is 1. The third-order valence-corrected chi connectivity index (χ3v) is 2.98. The average molecular weight is 266 g/mol. The first-order valence-corrected chi connectivity index (χ1v) is 6.22. The standard InChI is InChI=1S/C14H18O5/c1-8(2)14(16)18-7-12-13(19-12)9-4-5-10(15)11(6-9)17-3/h4-6,8,12-13,15H,7H2,1-3H3/t12-,13+/m1/s1. The first-order chi connectivity index (χ1) is 9.02. The van der Waals surface area contributed by atoms with Gasteiger partial charge in [0, 0.05) is 0 Å². The van der Waals surface area contributed by atoms with Gasteiger partial charge in [0.05, 0.1) is 13.0 Å². The normalized spacial score (nSPS) is 21.3. The van der Waals surface area contributed by atoms with E-state index in [0.717, 1.165) is 5.56 Å². The Labute approximate surface area is 112 Å². The molecule has 1 aliphatic rings. The molecule has 1 heterocycles. The van der Waals surface area contributed by atoms with Crippen molar-refractivity contribution in [1.82, 2.24) is 0 Å². The molecule has 1 fully saturated rings. The van der Waals surface area contributed by atoms with E-state index in [4.69, 9.17) is 14.2 Å². The van der Waals surface area contributed by atoms with Crippen molar-refractivity contribution in [3.05, 3.63) is 23.8 Å². The van der Waals surface area contributed by atoms with Crippen LogP contribution in [0.5, 0.6) is 11.5 Å². The van der Waals surface area contributed by atoms with Gasteiger partial charge in [-0.05, 0) is 17.7 Å². The first kappa shape index (κ1) is 13.7. The lowest BCUT2D eigenvalue weighted by Gasteiger charge is -2.06. The molecule has 0 aromatic heterocycles. The average Bonchev–Trinajstić information content (AvgIpc) is 3.16. The van der Waals surface area contributed by atoms with Crippen molar-refractivity contribution in [2.24, 2.45) is 5.92 Å². The van der Waals surface area contributed by atoms with Gasteiger partial charge in [0.15, 0.2) is 11.5 Å². The number of carbonyl (C=O) groups excluding carboxylic acids is 1. The van der Waals surface area contributed by atoms with E-state index in [2.05, 4.69) is 0 Å². The molecule has 0 amide bonds. The van der Waals surface area contributed by atoms with Crippen molar-refractivity contribution < 1.29 is 24.1 Å². The lowest BCUT2D eigenvalue weighted by molar-refractivity contribution is -0.147. The number of epoxide rings is 1. The minimum Gasteiger partial charge on any atom is -0.504 e. The number of phenolic OH excluding ortho intramolecular Hbond substituents is 1. The molecular weight excluding hydrogens is 248 g/mol. The molecule has 0 saturated carbocycles. The lowest BCUT2D eigenvalue weighted by atomic mass is 10.1. The number of carbonyl (C=O) groups is 1. The highest BCUT2D eigenvalue weighted by atomic mass is 16.6. The Hall–Kier alpha value is -1.75. The molecule has 1 aromatic carbocycles. The SMILES string of the molecule is COc1cc([C@@H]2O[C@@H]2COC(=O)C(C)C)ccc1O. The molecule has 0 aliphatic carbocycles. The van der Waals surface area contributed by atoms with Crippen molar-refractivity contribution in [2.75, 3.05) is 13.7 Å². The summed E-state index contributed by atoms with van der Waals surface area (Å²) in [4.78, 5) is 11.3. The van der Waals surface area contributed by atoms with Crippen LogP contribution in [-0.4, -0.2) is 30.9 Å². The fourth-order valence-electron chi connectivity index (χ4n) is 1.76. The van der Waals surface area contributed by atoms with Gasteiger partial charge in [-0.2, -0.15) is 0 Å². The molecule has 0 unspecified atom stereocenters. The second kappa shape index (κ2) is 5.48. The summed E-state index contributed by atoms with van der Waals surface area (Å²) in [7, 11) is 1.49. The molecular formula is C14H18O5. The van der Waals surface area contributed by atoms with Crippen LogP contribution >= 0.6 is 0 Å². The number of hydrogen-bond acceptors (Lipinski definition) is 5. The zero-order chi connectivity index (χ0) is 14.0. The zero-order valence-electron chi connectivity index (χ0n) is 11.3. The summed E-state index contributed by atoms with van der Waals surface area (Å²) in [6.45, 7) is 3.84. The van der Waals surface area contributed by atoms with E-state index in [-0.39, 0.29) is 36.5 Å². The Morgan fingerprint density at radius 1 is 1.47 bits per heavy atom. The molecule has 2 atom stereocenters. The van der Waals surface area contributed by atoms with E-state index in [1.807, 2.05) is 0 Å². The van der Waals surface area contributed by atoms with Crippen molar-refractivity contribution in [1.29, 1.82) is 0 Å². The Kier molecular flexibility index (Phi) is 3.95. The molecule has 1 saturated heterocycles. The molecule has 2 rings (SSSR count).